The third-order valence-electron chi connectivity index (χ3n) is 5.45. The third kappa shape index (κ3) is 4.62. The standard InChI is InChI=1S/C25H19BrN4O4S/c1-15-7-8-16(2)20(9-15)28-25-29(22(13-35-25)18-5-3-4-6-19(18)26)27-12-17-10-23-24(34-14-33-23)11-21(17)30(31)32/h3-13H,14H2,1-2H3. The van der Waals surface area contributed by atoms with Gasteiger partial charge in [0.05, 0.1) is 34.1 Å². The summed E-state index contributed by atoms with van der Waals surface area (Å²) < 4.78 is 13.3. The van der Waals surface area contributed by atoms with E-state index in [1.807, 2.05) is 61.7 Å². The molecule has 0 atom stereocenters. The Morgan fingerprint density at radius 2 is 1.89 bits per heavy atom. The van der Waals surface area contributed by atoms with Crippen LogP contribution in [0.2, 0.25) is 0 Å². The van der Waals surface area contributed by atoms with Gasteiger partial charge in [0.2, 0.25) is 11.6 Å². The Balaban J connectivity index is 1.69. The van der Waals surface area contributed by atoms with Gasteiger partial charge in [-0.05, 0) is 43.2 Å². The topological polar surface area (TPSA) is 91.2 Å². The molecule has 0 spiro atoms. The highest BCUT2D eigenvalue weighted by atomic mass is 79.9. The highest BCUT2D eigenvalue weighted by Crippen LogP contribution is 2.37. The zero-order valence-corrected chi connectivity index (χ0v) is 21.2. The van der Waals surface area contributed by atoms with Gasteiger partial charge in [-0.1, -0.05) is 46.3 Å². The van der Waals surface area contributed by atoms with E-state index in [2.05, 4.69) is 21.0 Å². The van der Waals surface area contributed by atoms with Gasteiger partial charge in [0.1, 0.15) is 0 Å². The van der Waals surface area contributed by atoms with Crippen molar-refractivity contribution in [2.75, 3.05) is 6.79 Å². The minimum absolute atomic E-state index is 0.0252. The SMILES string of the molecule is Cc1ccc(C)c(N=c2scc(-c3ccccc3Br)n2N=Cc2cc3c(cc2[N+](=O)[O-])OCO3)c1. The zero-order chi connectivity index (χ0) is 24.5. The lowest BCUT2D eigenvalue weighted by Gasteiger charge is -2.07. The number of hydrogen-bond acceptors (Lipinski definition) is 7. The van der Waals surface area contributed by atoms with Crippen LogP contribution < -0.4 is 14.3 Å². The summed E-state index contributed by atoms with van der Waals surface area (Å²) in [5.41, 5.74) is 4.87. The maximum atomic E-state index is 11.7. The van der Waals surface area contributed by atoms with Gasteiger partial charge in [-0.25, -0.2) is 9.67 Å². The molecule has 0 bridgehead atoms. The van der Waals surface area contributed by atoms with Crippen molar-refractivity contribution in [1.82, 2.24) is 4.68 Å². The normalized spacial score (nSPS) is 13.1. The molecule has 2 heterocycles. The first kappa shape index (κ1) is 23.0. The third-order valence-corrected chi connectivity index (χ3v) is 6.95. The Bertz CT molecular complexity index is 1560. The monoisotopic (exact) mass is 550 g/mol. The molecule has 0 saturated heterocycles. The fourth-order valence-electron chi connectivity index (χ4n) is 3.61. The molecule has 0 unspecified atom stereocenters. The summed E-state index contributed by atoms with van der Waals surface area (Å²) in [4.78, 5) is 16.8. The first-order chi connectivity index (χ1) is 16.9. The maximum absolute atomic E-state index is 11.7. The van der Waals surface area contributed by atoms with E-state index in [9.17, 15) is 10.1 Å². The lowest BCUT2D eigenvalue weighted by atomic mass is 10.1. The van der Waals surface area contributed by atoms with Crippen molar-refractivity contribution < 1.29 is 14.4 Å². The second kappa shape index (κ2) is 9.47. The Morgan fingerprint density at radius 1 is 1.11 bits per heavy atom. The van der Waals surface area contributed by atoms with E-state index in [-0.39, 0.29) is 12.5 Å². The van der Waals surface area contributed by atoms with Crippen LogP contribution in [0.15, 0.2) is 74.5 Å². The van der Waals surface area contributed by atoms with Crippen LogP contribution in [0.5, 0.6) is 11.5 Å². The summed E-state index contributed by atoms with van der Waals surface area (Å²) in [7, 11) is 0. The largest absolute Gasteiger partial charge is 0.454 e. The van der Waals surface area contributed by atoms with Crippen LogP contribution in [-0.2, 0) is 0 Å². The molecule has 1 aromatic heterocycles. The molecule has 8 nitrogen and oxygen atoms in total. The average Bonchev–Trinajstić information content (AvgIpc) is 3.46. The van der Waals surface area contributed by atoms with Crippen LogP contribution in [0.25, 0.3) is 11.3 Å². The van der Waals surface area contributed by atoms with Gasteiger partial charge in [-0.2, -0.15) is 5.10 Å². The number of benzene rings is 3. The Morgan fingerprint density at radius 3 is 2.66 bits per heavy atom. The van der Waals surface area contributed by atoms with Crippen LogP contribution in [-0.4, -0.2) is 22.6 Å². The molecule has 1 aliphatic rings. The number of hydrogen-bond donors (Lipinski definition) is 0. The fraction of sp³-hybridized carbons (Fsp3) is 0.120. The van der Waals surface area contributed by atoms with Crippen LogP contribution in [0, 0.1) is 24.0 Å². The smallest absolute Gasteiger partial charge is 0.282 e. The van der Waals surface area contributed by atoms with Gasteiger partial charge >= 0.3 is 0 Å². The van der Waals surface area contributed by atoms with Gasteiger partial charge in [0.25, 0.3) is 5.69 Å². The quantitative estimate of drug-likeness (QED) is 0.164. The first-order valence-electron chi connectivity index (χ1n) is 10.6. The van der Waals surface area contributed by atoms with Crippen molar-refractivity contribution in [1.29, 1.82) is 0 Å². The van der Waals surface area contributed by atoms with Gasteiger partial charge < -0.3 is 9.47 Å². The number of ether oxygens (including phenoxy) is 2. The summed E-state index contributed by atoms with van der Waals surface area (Å²) >= 11 is 5.05. The maximum Gasteiger partial charge on any atom is 0.282 e. The molecule has 10 heteroatoms. The molecular formula is C25H19BrN4O4S. The highest BCUT2D eigenvalue weighted by Gasteiger charge is 2.22. The van der Waals surface area contributed by atoms with Crippen LogP contribution in [0.4, 0.5) is 11.4 Å². The average molecular weight is 551 g/mol. The number of nitro groups is 1. The van der Waals surface area contributed by atoms with E-state index < -0.39 is 4.92 Å². The highest BCUT2D eigenvalue weighted by molar-refractivity contribution is 9.10. The first-order valence-corrected chi connectivity index (χ1v) is 12.3. The van der Waals surface area contributed by atoms with Crippen molar-refractivity contribution in [3.05, 3.63) is 96.1 Å². The van der Waals surface area contributed by atoms with Gasteiger partial charge in [-0.15, -0.1) is 11.3 Å². The molecule has 0 N–H and O–H groups in total. The van der Waals surface area contributed by atoms with Crippen molar-refractivity contribution in [2.24, 2.45) is 10.1 Å². The number of thiazole rings is 1. The number of halogens is 1. The molecule has 0 aliphatic carbocycles. The Hall–Kier alpha value is -3.76. The molecule has 4 aromatic rings. The summed E-state index contributed by atoms with van der Waals surface area (Å²) in [6, 6.07) is 16.8. The second-order valence-corrected chi connectivity index (χ2v) is 9.55. The fourth-order valence-corrected chi connectivity index (χ4v) is 4.94. The van der Waals surface area contributed by atoms with Crippen LogP contribution >= 0.6 is 27.3 Å². The van der Waals surface area contributed by atoms with Crippen molar-refractivity contribution in [2.45, 2.75) is 13.8 Å². The molecule has 176 valence electrons. The molecule has 0 radical (unpaired) electrons. The summed E-state index contributed by atoms with van der Waals surface area (Å²) in [6.07, 6.45) is 1.45. The van der Waals surface area contributed by atoms with Crippen molar-refractivity contribution >= 4 is 44.9 Å². The molecule has 3 aromatic carbocycles. The molecule has 5 rings (SSSR count). The molecule has 0 fully saturated rings. The lowest BCUT2D eigenvalue weighted by molar-refractivity contribution is -0.385. The zero-order valence-electron chi connectivity index (χ0n) is 18.8. The van der Waals surface area contributed by atoms with E-state index in [0.29, 0.717) is 21.9 Å². The van der Waals surface area contributed by atoms with E-state index >= 15 is 0 Å². The van der Waals surface area contributed by atoms with E-state index in [1.165, 1.54) is 23.6 Å². The summed E-state index contributed by atoms with van der Waals surface area (Å²) in [5.74, 6) is 0.787. The Kier molecular flexibility index (Phi) is 6.23. The lowest BCUT2D eigenvalue weighted by Crippen LogP contribution is -2.12. The minimum atomic E-state index is -0.461. The van der Waals surface area contributed by atoms with Crippen molar-refractivity contribution in [3.63, 3.8) is 0 Å². The molecular weight excluding hydrogens is 532 g/mol. The molecule has 0 saturated carbocycles. The van der Waals surface area contributed by atoms with Crippen molar-refractivity contribution in [3.8, 4) is 22.8 Å². The summed E-state index contributed by atoms with van der Waals surface area (Å²) in [6.45, 7) is 4.05. The van der Waals surface area contributed by atoms with Crippen LogP contribution in [0.3, 0.4) is 0 Å². The molecule has 1 aliphatic heterocycles. The van der Waals surface area contributed by atoms with Crippen LogP contribution in [0.1, 0.15) is 16.7 Å². The van der Waals surface area contributed by atoms with E-state index in [1.54, 1.807) is 10.7 Å². The minimum Gasteiger partial charge on any atom is -0.454 e. The number of nitrogens with zero attached hydrogens (tertiary/aromatic N) is 4. The second-order valence-electron chi connectivity index (χ2n) is 7.86. The Labute approximate surface area is 213 Å². The molecule has 0 amide bonds. The number of fused-ring (bicyclic) bond motifs is 1. The predicted molar refractivity (Wildman–Crippen MR) is 139 cm³/mol. The number of nitro benzene ring substituents is 1. The van der Waals surface area contributed by atoms with E-state index in [0.717, 1.165) is 32.5 Å². The number of aromatic nitrogens is 1. The van der Waals surface area contributed by atoms with Gasteiger partial charge in [0.15, 0.2) is 11.5 Å². The van der Waals surface area contributed by atoms with E-state index in [4.69, 9.17) is 14.5 Å². The number of rotatable bonds is 5. The summed E-state index contributed by atoms with van der Waals surface area (Å²) in [5, 5.41) is 18.3. The van der Waals surface area contributed by atoms with Gasteiger partial charge in [0, 0.05) is 15.4 Å². The predicted octanol–water partition coefficient (Wildman–Crippen LogP) is 6.35. The van der Waals surface area contributed by atoms with Gasteiger partial charge in [-0.3, -0.25) is 10.1 Å². The molecule has 35 heavy (non-hydrogen) atoms. The number of aryl methyl sites for hydroxylation is 2.